The number of halogens is 1. The summed E-state index contributed by atoms with van der Waals surface area (Å²) in [5.41, 5.74) is 0.639. The van der Waals surface area contributed by atoms with Crippen molar-refractivity contribution in [2.24, 2.45) is 7.05 Å². The summed E-state index contributed by atoms with van der Waals surface area (Å²) in [4.78, 5) is 25.3. The zero-order valence-corrected chi connectivity index (χ0v) is 13.3. The lowest BCUT2D eigenvalue weighted by molar-refractivity contribution is 0.0934. The minimum absolute atomic E-state index is 0.156. The van der Waals surface area contributed by atoms with Crippen LogP contribution in [-0.4, -0.2) is 41.2 Å². The summed E-state index contributed by atoms with van der Waals surface area (Å²) < 4.78 is 14.5. The highest BCUT2D eigenvalue weighted by Gasteiger charge is 2.17. The molecule has 0 saturated carbocycles. The predicted molar refractivity (Wildman–Crippen MR) is 84.6 cm³/mol. The summed E-state index contributed by atoms with van der Waals surface area (Å²) in [6.45, 7) is 0.291. The molecule has 0 radical (unpaired) electrons. The number of benzene rings is 1. The third kappa shape index (κ3) is 4.23. The van der Waals surface area contributed by atoms with Gasteiger partial charge in [0.25, 0.3) is 11.5 Å². The van der Waals surface area contributed by atoms with E-state index in [0.29, 0.717) is 6.54 Å². The fraction of sp³-hybridized carbons (Fsp3) is 0.312. The van der Waals surface area contributed by atoms with Crippen molar-refractivity contribution in [2.45, 2.75) is 6.04 Å². The first-order valence-electron chi connectivity index (χ1n) is 7.13. The first kappa shape index (κ1) is 16.8. The van der Waals surface area contributed by atoms with Crippen LogP contribution in [0.15, 0.2) is 41.2 Å². The van der Waals surface area contributed by atoms with Crippen molar-refractivity contribution in [3.05, 3.63) is 63.8 Å². The molecule has 6 nitrogen and oxygen atoms in total. The second kappa shape index (κ2) is 7.15. The fourth-order valence-electron chi connectivity index (χ4n) is 2.22. The third-order valence-electron chi connectivity index (χ3n) is 3.51. The van der Waals surface area contributed by atoms with Crippen LogP contribution in [0.25, 0.3) is 0 Å². The van der Waals surface area contributed by atoms with Gasteiger partial charge in [-0.1, -0.05) is 12.1 Å². The van der Waals surface area contributed by atoms with E-state index in [-0.39, 0.29) is 29.0 Å². The van der Waals surface area contributed by atoms with Crippen LogP contribution < -0.4 is 10.9 Å². The molecule has 1 atom stereocenters. The molecule has 7 heteroatoms. The number of nitrogens with one attached hydrogen (secondary N) is 1. The van der Waals surface area contributed by atoms with E-state index in [2.05, 4.69) is 10.4 Å². The Bertz CT molecular complexity index is 758. The van der Waals surface area contributed by atoms with E-state index < -0.39 is 0 Å². The molecule has 0 saturated heterocycles. The molecule has 0 aliphatic rings. The normalized spacial score (nSPS) is 12.2. The molecule has 1 amide bonds. The molecule has 2 rings (SSSR count). The zero-order chi connectivity index (χ0) is 17.0. The Morgan fingerprint density at radius 3 is 2.70 bits per heavy atom. The maximum atomic E-state index is 13.4. The first-order valence-corrected chi connectivity index (χ1v) is 7.13. The van der Waals surface area contributed by atoms with E-state index in [1.54, 1.807) is 6.07 Å². The Morgan fingerprint density at radius 2 is 2.09 bits per heavy atom. The second-order valence-electron chi connectivity index (χ2n) is 5.42. The summed E-state index contributed by atoms with van der Waals surface area (Å²) >= 11 is 0. The largest absolute Gasteiger partial charge is 0.349 e. The number of hydrogen-bond acceptors (Lipinski definition) is 4. The summed E-state index contributed by atoms with van der Waals surface area (Å²) in [7, 11) is 5.19. The maximum Gasteiger partial charge on any atom is 0.271 e. The van der Waals surface area contributed by atoms with Crippen LogP contribution in [0, 0.1) is 5.82 Å². The molecule has 1 unspecified atom stereocenters. The summed E-state index contributed by atoms with van der Waals surface area (Å²) in [5.74, 6) is -0.704. The average molecular weight is 318 g/mol. The Hall–Kier alpha value is -2.54. The summed E-state index contributed by atoms with van der Waals surface area (Å²) in [6.07, 6.45) is 0. The van der Waals surface area contributed by atoms with Gasteiger partial charge in [-0.2, -0.15) is 5.10 Å². The topological polar surface area (TPSA) is 67.2 Å². The minimum Gasteiger partial charge on any atom is -0.349 e. The molecule has 122 valence electrons. The van der Waals surface area contributed by atoms with E-state index in [1.165, 1.54) is 31.3 Å². The molecule has 0 fully saturated rings. The van der Waals surface area contributed by atoms with Gasteiger partial charge < -0.3 is 10.2 Å². The van der Waals surface area contributed by atoms with Crippen molar-refractivity contribution < 1.29 is 9.18 Å². The highest BCUT2D eigenvalue weighted by Crippen LogP contribution is 2.18. The maximum absolute atomic E-state index is 13.4. The van der Waals surface area contributed by atoms with Gasteiger partial charge in [0, 0.05) is 19.7 Å². The van der Waals surface area contributed by atoms with Crippen molar-refractivity contribution in [1.82, 2.24) is 20.0 Å². The SMILES string of the molecule is CN(C)C(CNC(=O)c1ccc(=O)n(C)n1)c1cccc(F)c1. The highest BCUT2D eigenvalue weighted by atomic mass is 19.1. The van der Waals surface area contributed by atoms with Gasteiger partial charge in [0.15, 0.2) is 0 Å². The lowest BCUT2D eigenvalue weighted by atomic mass is 10.1. The van der Waals surface area contributed by atoms with Crippen LogP contribution in [0.2, 0.25) is 0 Å². The van der Waals surface area contributed by atoms with Gasteiger partial charge in [0.1, 0.15) is 11.5 Å². The van der Waals surface area contributed by atoms with Crippen LogP contribution in [0.3, 0.4) is 0 Å². The number of carbonyl (C=O) groups is 1. The molecule has 1 heterocycles. The molecule has 1 aromatic heterocycles. The number of aromatic nitrogens is 2. The van der Waals surface area contributed by atoms with Gasteiger partial charge in [-0.3, -0.25) is 9.59 Å². The first-order chi connectivity index (χ1) is 10.9. The van der Waals surface area contributed by atoms with Crippen LogP contribution in [-0.2, 0) is 7.05 Å². The molecule has 0 spiro atoms. The van der Waals surface area contributed by atoms with Gasteiger partial charge in [-0.25, -0.2) is 9.07 Å². The Morgan fingerprint density at radius 1 is 1.35 bits per heavy atom. The third-order valence-corrected chi connectivity index (χ3v) is 3.51. The molecule has 0 aliphatic heterocycles. The lowest BCUT2D eigenvalue weighted by Crippen LogP contribution is -2.35. The van der Waals surface area contributed by atoms with Gasteiger partial charge in [-0.15, -0.1) is 0 Å². The Balaban J connectivity index is 2.11. The van der Waals surface area contributed by atoms with Crippen LogP contribution in [0.4, 0.5) is 4.39 Å². The van der Waals surface area contributed by atoms with Crippen molar-refractivity contribution in [3.8, 4) is 0 Å². The van der Waals surface area contributed by atoms with E-state index in [4.69, 9.17) is 0 Å². The number of amides is 1. The van der Waals surface area contributed by atoms with Gasteiger partial charge >= 0.3 is 0 Å². The molecular formula is C16H19FN4O2. The Labute approximate surface area is 133 Å². The number of rotatable bonds is 5. The van der Waals surface area contributed by atoms with Gasteiger partial charge in [-0.05, 0) is 37.9 Å². The molecule has 0 aliphatic carbocycles. The smallest absolute Gasteiger partial charge is 0.271 e. The summed E-state index contributed by atoms with van der Waals surface area (Å²) in [6, 6.07) is 8.76. The van der Waals surface area contributed by atoms with Gasteiger partial charge in [0.2, 0.25) is 0 Å². The van der Waals surface area contributed by atoms with Crippen molar-refractivity contribution in [1.29, 1.82) is 0 Å². The fourth-order valence-corrected chi connectivity index (χ4v) is 2.22. The van der Waals surface area contributed by atoms with Crippen LogP contribution in [0.1, 0.15) is 22.1 Å². The number of aryl methyl sites for hydroxylation is 1. The quantitative estimate of drug-likeness (QED) is 0.891. The Kier molecular flexibility index (Phi) is 5.23. The molecule has 0 bridgehead atoms. The van der Waals surface area contributed by atoms with Crippen LogP contribution in [0.5, 0.6) is 0 Å². The van der Waals surface area contributed by atoms with Crippen LogP contribution >= 0.6 is 0 Å². The monoisotopic (exact) mass is 318 g/mol. The minimum atomic E-state index is -0.385. The standard InChI is InChI=1S/C16H19FN4O2/c1-20(2)14(11-5-4-6-12(17)9-11)10-18-16(23)13-7-8-15(22)21(3)19-13/h4-9,14H,10H2,1-3H3,(H,18,23). The summed E-state index contributed by atoms with van der Waals surface area (Å²) in [5, 5.41) is 6.66. The van der Waals surface area contributed by atoms with Crippen molar-refractivity contribution in [2.75, 3.05) is 20.6 Å². The van der Waals surface area contributed by atoms with E-state index in [0.717, 1.165) is 10.2 Å². The molecule has 1 N–H and O–H groups in total. The van der Waals surface area contributed by atoms with Crippen molar-refractivity contribution >= 4 is 5.91 Å². The van der Waals surface area contributed by atoms with E-state index in [1.807, 2.05) is 25.1 Å². The second-order valence-corrected chi connectivity index (χ2v) is 5.42. The predicted octanol–water partition coefficient (Wildman–Crippen LogP) is 0.952. The number of hydrogen-bond donors (Lipinski definition) is 1. The van der Waals surface area contributed by atoms with E-state index >= 15 is 0 Å². The number of likely N-dealkylation sites (N-methyl/N-ethyl adjacent to an activating group) is 1. The molecule has 23 heavy (non-hydrogen) atoms. The number of nitrogens with zero attached hydrogens (tertiary/aromatic N) is 3. The molecular weight excluding hydrogens is 299 g/mol. The van der Waals surface area contributed by atoms with E-state index in [9.17, 15) is 14.0 Å². The zero-order valence-electron chi connectivity index (χ0n) is 13.3. The molecule has 2 aromatic rings. The number of carbonyl (C=O) groups excluding carboxylic acids is 1. The van der Waals surface area contributed by atoms with Gasteiger partial charge in [0.05, 0.1) is 6.04 Å². The molecule has 1 aromatic carbocycles. The highest BCUT2D eigenvalue weighted by molar-refractivity contribution is 5.92. The van der Waals surface area contributed by atoms with Crippen molar-refractivity contribution in [3.63, 3.8) is 0 Å². The lowest BCUT2D eigenvalue weighted by Gasteiger charge is -2.25. The average Bonchev–Trinajstić information content (AvgIpc) is 2.49.